The minimum Gasteiger partial charge on any atom is -0.384 e. The van der Waals surface area contributed by atoms with Gasteiger partial charge in [-0.2, -0.15) is 9.61 Å². The number of fused-ring (bicyclic) bond motifs is 1. The molecule has 1 saturated heterocycles. The molecule has 4 rings (SSSR count). The molecule has 4 N–H and O–H groups in total. The number of aromatic nitrogens is 3. The third-order valence-corrected chi connectivity index (χ3v) is 4.84. The van der Waals surface area contributed by atoms with Gasteiger partial charge in [0.2, 0.25) is 0 Å². The predicted octanol–water partition coefficient (Wildman–Crippen LogP) is 2.64. The molecule has 128 valence electrons. The highest BCUT2D eigenvalue weighted by molar-refractivity contribution is 5.78. The normalized spacial score (nSPS) is 17.7. The molecule has 2 aromatic heterocycles. The van der Waals surface area contributed by atoms with E-state index in [0.29, 0.717) is 18.2 Å². The van der Waals surface area contributed by atoms with E-state index in [2.05, 4.69) is 22.5 Å². The summed E-state index contributed by atoms with van der Waals surface area (Å²) < 4.78 is 1.71. The predicted molar refractivity (Wildman–Crippen MR) is 100 cm³/mol. The van der Waals surface area contributed by atoms with Crippen molar-refractivity contribution < 1.29 is 0 Å². The van der Waals surface area contributed by atoms with Crippen LogP contribution in [0.3, 0.4) is 0 Å². The van der Waals surface area contributed by atoms with E-state index in [4.69, 9.17) is 16.1 Å². The Kier molecular flexibility index (Phi) is 4.19. The molecule has 6 nitrogen and oxygen atoms in total. The second-order valence-corrected chi connectivity index (χ2v) is 6.55. The Balaban J connectivity index is 1.76. The fraction of sp³-hybridized carbons (Fsp3) is 0.316. The molecule has 6 heteroatoms. The molecule has 1 atom stereocenters. The van der Waals surface area contributed by atoms with Gasteiger partial charge in [-0.05, 0) is 36.7 Å². The lowest BCUT2D eigenvalue weighted by Crippen LogP contribution is -2.29. The van der Waals surface area contributed by atoms with Crippen molar-refractivity contribution in [2.24, 2.45) is 0 Å². The van der Waals surface area contributed by atoms with Gasteiger partial charge >= 0.3 is 0 Å². The van der Waals surface area contributed by atoms with Gasteiger partial charge in [-0.1, -0.05) is 24.3 Å². The van der Waals surface area contributed by atoms with Crippen LogP contribution in [-0.2, 0) is 6.42 Å². The molecule has 0 spiro atoms. The zero-order valence-corrected chi connectivity index (χ0v) is 14.1. The van der Waals surface area contributed by atoms with Crippen LogP contribution >= 0.6 is 0 Å². The molecule has 0 saturated carbocycles. The number of piperidine rings is 1. The first kappa shape index (κ1) is 15.8. The highest BCUT2D eigenvalue weighted by Gasteiger charge is 2.19. The van der Waals surface area contributed by atoms with Crippen molar-refractivity contribution in [3.8, 4) is 11.1 Å². The molecule has 25 heavy (non-hydrogen) atoms. The largest absolute Gasteiger partial charge is 0.384 e. The minimum atomic E-state index is 0.402. The quantitative estimate of drug-likeness (QED) is 0.640. The molecule has 0 aliphatic carbocycles. The molecule has 1 aromatic carbocycles. The fourth-order valence-electron chi connectivity index (χ4n) is 3.46. The average Bonchev–Trinajstić information content (AvgIpc) is 3.08. The number of benzene rings is 1. The zero-order valence-electron chi connectivity index (χ0n) is 14.1. The van der Waals surface area contributed by atoms with E-state index in [-0.39, 0.29) is 0 Å². The Morgan fingerprint density at radius 2 is 2.16 bits per heavy atom. The van der Waals surface area contributed by atoms with Gasteiger partial charge in [-0.25, -0.2) is 4.98 Å². The number of anilines is 1. The first-order valence-electron chi connectivity index (χ1n) is 8.69. The van der Waals surface area contributed by atoms with Crippen LogP contribution in [0, 0.1) is 5.41 Å². The second kappa shape index (κ2) is 6.64. The van der Waals surface area contributed by atoms with Crippen molar-refractivity contribution in [2.45, 2.75) is 25.2 Å². The molecular formula is C19H22N6. The van der Waals surface area contributed by atoms with Crippen LogP contribution in [0.5, 0.6) is 0 Å². The summed E-state index contributed by atoms with van der Waals surface area (Å²) in [5.74, 6) is 1.02. The zero-order chi connectivity index (χ0) is 17.2. The lowest BCUT2D eigenvalue weighted by Gasteiger charge is -2.22. The molecule has 0 bridgehead atoms. The smallest absolute Gasteiger partial charge is 0.165 e. The monoisotopic (exact) mass is 334 g/mol. The molecule has 3 heterocycles. The van der Waals surface area contributed by atoms with Crippen molar-refractivity contribution in [1.82, 2.24) is 19.9 Å². The van der Waals surface area contributed by atoms with Crippen molar-refractivity contribution in [2.75, 3.05) is 18.8 Å². The van der Waals surface area contributed by atoms with Gasteiger partial charge in [-0.15, -0.1) is 0 Å². The summed E-state index contributed by atoms with van der Waals surface area (Å²) in [6, 6.07) is 10.2. The molecule has 1 aliphatic heterocycles. The van der Waals surface area contributed by atoms with Crippen LogP contribution in [-0.4, -0.2) is 33.9 Å². The van der Waals surface area contributed by atoms with Crippen molar-refractivity contribution in [3.05, 3.63) is 47.8 Å². The van der Waals surface area contributed by atoms with Crippen molar-refractivity contribution in [1.29, 1.82) is 5.41 Å². The number of rotatable bonds is 4. The van der Waals surface area contributed by atoms with Crippen molar-refractivity contribution in [3.63, 3.8) is 0 Å². The maximum atomic E-state index is 7.22. The van der Waals surface area contributed by atoms with E-state index >= 15 is 0 Å². The summed E-state index contributed by atoms with van der Waals surface area (Å²) in [5, 5.41) is 15.1. The van der Waals surface area contributed by atoms with Crippen LogP contribution in [0.4, 0.5) is 5.82 Å². The fourth-order valence-corrected chi connectivity index (χ4v) is 3.46. The maximum absolute atomic E-state index is 7.22. The number of hydrogen-bond donors (Lipinski definition) is 3. The Bertz CT molecular complexity index is 890. The molecule has 3 aromatic rings. The Morgan fingerprint density at radius 3 is 2.88 bits per heavy atom. The Morgan fingerprint density at radius 1 is 1.32 bits per heavy atom. The Hall–Kier alpha value is -2.73. The average molecular weight is 334 g/mol. The van der Waals surface area contributed by atoms with Crippen LogP contribution in [0.25, 0.3) is 16.8 Å². The topological polar surface area (TPSA) is 92.1 Å². The number of nitrogens with two attached hydrogens (primary N) is 1. The van der Waals surface area contributed by atoms with E-state index < -0.39 is 0 Å². The highest BCUT2D eigenvalue weighted by Crippen LogP contribution is 2.29. The van der Waals surface area contributed by atoms with Gasteiger partial charge in [0.1, 0.15) is 5.82 Å². The number of hydrogen-bond acceptors (Lipinski definition) is 5. The van der Waals surface area contributed by atoms with E-state index in [0.717, 1.165) is 54.0 Å². The molecule has 0 amide bonds. The number of nitrogens with zero attached hydrogens (tertiary/aromatic N) is 3. The number of nitrogens with one attached hydrogen (secondary N) is 2. The standard InChI is InChI=1S/C19H22N6/c20-8-7-13-3-5-14(6-4-13)16-12-23-25-18(21)10-17(24-19(16)25)15-2-1-9-22-11-15/h3-6,8,10,12,15,20,22H,1-2,7,9,11,21H2. The van der Waals surface area contributed by atoms with Crippen LogP contribution in [0.2, 0.25) is 0 Å². The molecule has 1 unspecified atom stereocenters. The third kappa shape index (κ3) is 3.00. The molecule has 0 radical (unpaired) electrons. The second-order valence-electron chi connectivity index (χ2n) is 6.55. The maximum Gasteiger partial charge on any atom is 0.165 e. The molecule has 1 fully saturated rings. The summed E-state index contributed by atoms with van der Waals surface area (Å²) in [6.45, 7) is 2.03. The molecule has 1 aliphatic rings. The SMILES string of the molecule is N=CCc1ccc(-c2cnn3c(N)cc(C4CCCNC4)nc23)cc1. The first-order chi connectivity index (χ1) is 12.3. The summed E-state index contributed by atoms with van der Waals surface area (Å²) in [4.78, 5) is 4.90. The summed E-state index contributed by atoms with van der Waals surface area (Å²) in [6.07, 6.45) is 6.19. The van der Waals surface area contributed by atoms with Crippen LogP contribution < -0.4 is 11.1 Å². The summed E-state index contributed by atoms with van der Waals surface area (Å²) in [5.41, 5.74) is 11.3. The van der Waals surface area contributed by atoms with Crippen molar-refractivity contribution >= 4 is 17.7 Å². The van der Waals surface area contributed by atoms with Gasteiger partial charge in [0.15, 0.2) is 5.65 Å². The van der Waals surface area contributed by atoms with Gasteiger partial charge in [-0.3, -0.25) is 0 Å². The highest BCUT2D eigenvalue weighted by atomic mass is 15.3. The first-order valence-corrected chi connectivity index (χ1v) is 8.69. The van der Waals surface area contributed by atoms with E-state index in [1.54, 1.807) is 4.52 Å². The van der Waals surface area contributed by atoms with Gasteiger partial charge in [0, 0.05) is 30.5 Å². The molecular weight excluding hydrogens is 312 g/mol. The summed E-state index contributed by atoms with van der Waals surface area (Å²) >= 11 is 0. The van der Waals surface area contributed by atoms with Crippen LogP contribution in [0.1, 0.15) is 30.0 Å². The van der Waals surface area contributed by atoms with Gasteiger partial charge < -0.3 is 16.5 Å². The Labute approximate surface area is 146 Å². The van der Waals surface area contributed by atoms with Gasteiger partial charge in [0.25, 0.3) is 0 Å². The third-order valence-electron chi connectivity index (χ3n) is 4.84. The summed E-state index contributed by atoms with van der Waals surface area (Å²) in [7, 11) is 0. The van der Waals surface area contributed by atoms with E-state index in [9.17, 15) is 0 Å². The lowest BCUT2D eigenvalue weighted by atomic mass is 9.96. The van der Waals surface area contributed by atoms with Crippen LogP contribution in [0.15, 0.2) is 36.5 Å². The number of nitrogen functional groups attached to an aromatic ring is 1. The lowest BCUT2D eigenvalue weighted by molar-refractivity contribution is 0.455. The van der Waals surface area contributed by atoms with E-state index in [1.165, 1.54) is 6.21 Å². The van der Waals surface area contributed by atoms with E-state index in [1.807, 2.05) is 24.4 Å². The minimum absolute atomic E-state index is 0.402. The van der Waals surface area contributed by atoms with Gasteiger partial charge in [0.05, 0.1) is 11.9 Å².